The number of rotatable bonds is 5. The SMILES string of the molecule is COc1cc(C2=NS(=O)(=O)c3ccccc3N2)cc(Cl)c1OCc1ccc(F)cc1. The third kappa shape index (κ3) is 3.96. The number of fused-ring (bicyclic) bond motifs is 1. The topological polar surface area (TPSA) is 77.0 Å². The number of hydrogen-bond acceptors (Lipinski definition) is 5. The van der Waals surface area contributed by atoms with E-state index in [0.717, 1.165) is 5.56 Å². The molecule has 0 aliphatic carbocycles. The first-order valence-corrected chi connectivity index (χ1v) is 10.7. The van der Waals surface area contributed by atoms with Crippen LogP contribution in [0.25, 0.3) is 0 Å². The molecular weight excluding hydrogens is 431 g/mol. The van der Waals surface area contributed by atoms with Gasteiger partial charge < -0.3 is 14.8 Å². The van der Waals surface area contributed by atoms with Gasteiger partial charge in [0.25, 0.3) is 10.0 Å². The Balaban J connectivity index is 1.66. The van der Waals surface area contributed by atoms with Gasteiger partial charge in [-0.2, -0.15) is 8.42 Å². The number of anilines is 1. The molecule has 0 atom stereocenters. The standard InChI is InChI=1S/C21H16ClFN2O4S/c1-28-18-11-14(21-24-17-4-2-3-5-19(17)30(26,27)25-21)10-16(22)20(18)29-12-13-6-8-15(23)9-7-13/h2-11H,12H2,1H3,(H,24,25). The smallest absolute Gasteiger partial charge is 0.286 e. The molecule has 6 nitrogen and oxygen atoms in total. The van der Waals surface area contributed by atoms with E-state index in [1.54, 1.807) is 42.5 Å². The first kappa shape index (κ1) is 20.2. The average molecular weight is 447 g/mol. The number of ether oxygens (including phenoxy) is 2. The van der Waals surface area contributed by atoms with Gasteiger partial charge in [-0.15, -0.1) is 4.40 Å². The van der Waals surface area contributed by atoms with Crippen LogP contribution in [0.3, 0.4) is 0 Å². The Labute approximate surface area is 178 Å². The fourth-order valence-corrected chi connectivity index (χ4v) is 4.37. The molecule has 1 aliphatic rings. The summed E-state index contributed by atoms with van der Waals surface area (Å²) in [6.45, 7) is 0.149. The Morgan fingerprint density at radius 1 is 1.10 bits per heavy atom. The minimum atomic E-state index is -3.85. The second kappa shape index (κ2) is 7.97. The van der Waals surface area contributed by atoms with Crippen molar-refractivity contribution >= 4 is 33.1 Å². The first-order chi connectivity index (χ1) is 14.4. The predicted molar refractivity (Wildman–Crippen MR) is 113 cm³/mol. The van der Waals surface area contributed by atoms with Gasteiger partial charge >= 0.3 is 0 Å². The van der Waals surface area contributed by atoms with Crippen LogP contribution < -0.4 is 14.8 Å². The van der Waals surface area contributed by atoms with E-state index in [-0.39, 0.29) is 33.9 Å². The van der Waals surface area contributed by atoms with Crippen molar-refractivity contribution in [3.05, 3.63) is 82.6 Å². The highest BCUT2D eigenvalue weighted by molar-refractivity contribution is 7.90. The van der Waals surface area contributed by atoms with Gasteiger partial charge in [-0.3, -0.25) is 0 Å². The van der Waals surface area contributed by atoms with Gasteiger partial charge in [-0.05, 0) is 42.0 Å². The predicted octanol–water partition coefficient (Wildman–Crippen LogP) is 4.63. The second-order valence-corrected chi connectivity index (χ2v) is 8.42. The highest BCUT2D eigenvalue weighted by Gasteiger charge is 2.26. The fraction of sp³-hybridized carbons (Fsp3) is 0.0952. The molecule has 0 fully saturated rings. The highest BCUT2D eigenvalue weighted by atomic mass is 35.5. The molecule has 3 aromatic rings. The van der Waals surface area contributed by atoms with E-state index in [1.807, 2.05) is 0 Å². The summed E-state index contributed by atoms with van der Waals surface area (Å²) < 4.78 is 53.1. The van der Waals surface area contributed by atoms with Crippen molar-refractivity contribution in [2.45, 2.75) is 11.5 Å². The monoisotopic (exact) mass is 446 g/mol. The van der Waals surface area contributed by atoms with E-state index in [4.69, 9.17) is 21.1 Å². The molecule has 0 aromatic heterocycles. The van der Waals surface area contributed by atoms with E-state index in [1.165, 1.54) is 25.3 Å². The van der Waals surface area contributed by atoms with Crippen LogP contribution in [0.15, 0.2) is 70.0 Å². The number of halogens is 2. The molecule has 0 bridgehead atoms. The number of nitrogens with one attached hydrogen (secondary N) is 1. The molecule has 0 unspecified atom stereocenters. The molecule has 3 aromatic carbocycles. The molecule has 1 N–H and O–H groups in total. The maximum atomic E-state index is 13.1. The van der Waals surface area contributed by atoms with Crippen molar-refractivity contribution in [2.75, 3.05) is 12.4 Å². The molecule has 9 heteroatoms. The van der Waals surface area contributed by atoms with Crippen molar-refractivity contribution in [3.63, 3.8) is 0 Å². The number of amidine groups is 1. The van der Waals surface area contributed by atoms with Gasteiger partial charge in [0.05, 0.1) is 17.8 Å². The van der Waals surface area contributed by atoms with Gasteiger partial charge in [0, 0.05) is 5.56 Å². The molecule has 0 saturated carbocycles. The minimum absolute atomic E-state index is 0.103. The summed E-state index contributed by atoms with van der Waals surface area (Å²) in [5.74, 6) is 0.377. The molecule has 0 amide bonds. The Morgan fingerprint density at radius 3 is 2.57 bits per heavy atom. The Hall–Kier alpha value is -3.10. The third-order valence-electron chi connectivity index (χ3n) is 4.43. The summed E-state index contributed by atoms with van der Waals surface area (Å²) in [7, 11) is -2.41. The molecule has 30 heavy (non-hydrogen) atoms. The van der Waals surface area contributed by atoms with Crippen LogP contribution in [0.5, 0.6) is 11.5 Å². The molecule has 154 valence electrons. The van der Waals surface area contributed by atoms with Crippen LogP contribution >= 0.6 is 11.6 Å². The first-order valence-electron chi connectivity index (χ1n) is 8.83. The lowest BCUT2D eigenvalue weighted by molar-refractivity contribution is 0.284. The van der Waals surface area contributed by atoms with E-state index >= 15 is 0 Å². The minimum Gasteiger partial charge on any atom is -0.493 e. The van der Waals surface area contributed by atoms with Crippen LogP contribution in [0.4, 0.5) is 10.1 Å². The molecule has 4 rings (SSSR count). The van der Waals surface area contributed by atoms with Gasteiger partial charge in [0.15, 0.2) is 17.3 Å². The lowest BCUT2D eigenvalue weighted by Crippen LogP contribution is -2.22. The van der Waals surface area contributed by atoms with Gasteiger partial charge in [0.1, 0.15) is 17.3 Å². The fourth-order valence-electron chi connectivity index (χ4n) is 2.97. The highest BCUT2D eigenvalue weighted by Crippen LogP contribution is 2.38. The molecule has 1 aliphatic heterocycles. The summed E-state index contributed by atoms with van der Waals surface area (Å²) in [5.41, 5.74) is 1.60. The zero-order valence-corrected chi connectivity index (χ0v) is 17.3. The zero-order valence-electron chi connectivity index (χ0n) is 15.7. The number of nitrogens with zero attached hydrogens (tertiary/aromatic N) is 1. The summed E-state index contributed by atoms with van der Waals surface area (Å²) >= 11 is 6.40. The number of hydrogen-bond donors (Lipinski definition) is 1. The van der Waals surface area contributed by atoms with Gasteiger partial charge in [-0.25, -0.2) is 4.39 Å². The molecule has 0 spiro atoms. The zero-order chi connectivity index (χ0) is 21.3. The Morgan fingerprint density at radius 2 is 1.83 bits per heavy atom. The number of benzene rings is 3. The number of para-hydroxylation sites is 1. The average Bonchev–Trinajstić information content (AvgIpc) is 2.73. The number of methoxy groups -OCH3 is 1. The van der Waals surface area contributed by atoms with Crippen molar-refractivity contribution in [2.24, 2.45) is 4.40 Å². The van der Waals surface area contributed by atoms with Crippen LogP contribution in [-0.4, -0.2) is 21.4 Å². The van der Waals surface area contributed by atoms with Crippen LogP contribution in [0.2, 0.25) is 5.02 Å². The van der Waals surface area contributed by atoms with Gasteiger partial charge in [0.2, 0.25) is 0 Å². The molecule has 0 saturated heterocycles. The van der Waals surface area contributed by atoms with E-state index < -0.39 is 10.0 Å². The Bertz CT molecular complexity index is 1240. The lowest BCUT2D eigenvalue weighted by atomic mass is 10.1. The second-order valence-electron chi connectivity index (χ2n) is 6.44. The van der Waals surface area contributed by atoms with E-state index in [2.05, 4.69) is 9.71 Å². The summed E-state index contributed by atoms with van der Waals surface area (Å²) in [6.07, 6.45) is 0. The largest absolute Gasteiger partial charge is 0.493 e. The van der Waals surface area contributed by atoms with Crippen molar-refractivity contribution < 1.29 is 22.3 Å². The molecule has 0 radical (unpaired) electrons. The normalized spacial score (nSPS) is 14.3. The van der Waals surface area contributed by atoms with E-state index in [0.29, 0.717) is 17.0 Å². The summed E-state index contributed by atoms with van der Waals surface area (Å²) in [5, 5.41) is 3.23. The van der Waals surface area contributed by atoms with Crippen molar-refractivity contribution in [1.29, 1.82) is 0 Å². The van der Waals surface area contributed by atoms with Gasteiger partial charge in [-0.1, -0.05) is 35.9 Å². The molecular formula is C21H16ClFN2O4S. The van der Waals surface area contributed by atoms with Crippen LogP contribution in [0, 0.1) is 5.82 Å². The van der Waals surface area contributed by atoms with E-state index in [9.17, 15) is 12.8 Å². The Kier molecular flexibility index (Phi) is 5.36. The molecule has 1 heterocycles. The van der Waals surface area contributed by atoms with Crippen LogP contribution in [-0.2, 0) is 16.6 Å². The number of sulfonamides is 1. The quantitative estimate of drug-likeness (QED) is 0.618. The maximum absolute atomic E-state index is 13.1. The van der Waals surface area contributed by atoms with Crippen molar-refractivity contribution in [3.8, 4) is 11.5 Å². The third-order valence-corrected chi connectivity index (χ3v) is 6.04. The van der Waals surface area contributed by atoms with Crippen molar-refractivity contribution in [1.82, 2.24) is 0 Å². The summed E-state index contributed by atoms with van der Waals surface area (Å²) in [6, 6.07) is 15.5. The maximum Gasteiger partial charge on any atom is 0.286 e. The summed E-state index contributed by atoms with van der Waals surface area (Å²) in [4.78, 5) is 0.103. The lowest BCUT2D eigenvalue weighted by Gasteiger charge is -2.20. The van der Waals surface area contributed by atoms with Crippen LogP contribution in [0.1, 0.15) is 11.1 Å².